The molecule has 0 unspecified atom stereocenters. The molecule has 6 heteroatoms. The predicted octanol–water partition coefficient (Wildman–Crippen LogP) is 3.73. The normalized spacial score (nSPS) is 10.6. The first-order valence-electron chi connectivity index (χ1n) is 6.28. The van der Waals surface area contributed by atoms with Gasteiger partial charge in [-0.25, -0.2) is 9.97 Å². The fraction of sp³-hybridized carbons (Fsp3) is 0.0667. The maximum atomic E-state index is 5.85. The zero-order chi connectivity index (χ0) is 14.8. The highest BCUT2D eigenvalue weighted by Crippen LogP contribution is 2.31. The molecule has 1 aromatic heterocycles. The number of aromatic nitrogens is 2. The van der Waals surface area contributed by atoms with Gasteiger partial charge in [-0.05, 0) is 46.3 Å². The van der Waals surface area contributed by atoms with E-state index in [4.69, 9.17) is 10.5 Å². The van der Waals surface area contributed by atoms with Gasteiger partial charge >= 0.3 is 0 Å². The number of nitrogens with one attached hydrogen (secondary N) is 1. The minimum atomic E-state index is 0.671. The summed E-state index contributed by atoms with van der Waals surface area (Å²) in [6.07, 6.45) is 1.52. The van der Waals surface area contributed by atoms with Crippen molar-refractivity contribution in [3.05, 3.63) is 47.2 Å². The van der Waals surface area contributed by atoms with Gasteiger partial charge in [0.25, 0.3) is 0 Å². The van der Waals surface area contributed by atoms with Crippen molar-refractivity contribution >= 4 is 44.0 Å². The van der Waals surface area contributed by atoms with Crippen LogP contribution in [-0.2, 0) is 0 Å². The molecule has 0 radical (unpaired) electrons. The Kier molecular flexibility index (Phi) is 3.62. The highest BCUT2D eigenvalue weighted by Gasteiger charge is 2.08. The van der Waals surface area contributed by atoms with Gasteiger partial charge in [-0.3, -0.25) is 0 Å². The van der Waals surface area contributed by atoms with Crippen molar-refractivity contribution in [3.63, 3.8) is 0 Å². The zero-order valence-corrected chi connectivity index (χ0v) is 12.9. The van der Waals surface area contributed by atoms with Crippen LogP contribution in [0.25, 0.3) is 10.9 Å². The smallest absolute Gasteiger partial charge is 0.141 e. The van der Waals surface area contributed by atoms with Gasteiger partial charge in [-0.2, -0.15) is 0 Å². The lowest BCUT2D eigenvalue weighted by atomic mass is 10.2. The first-order valence-corrected chi connectivity index (χ1v) is 7.07. The number of fused-ring (bicyclic) bond motifs is 1. The molecule has 0 aliphatic heterocycles. The molecule has 106 valence electrons. The van der Waals surface area contributed by atoms with E-state index in [2.05, 4.69) is 31.2 Å². The molecule has 0 saturated carbocycles. The molecule has 5 nitrogen and oxygen atoms in total. The van der Waals surface area contributed by atoms with E-state index in [1.165, 1.54) is 6.33 Å². The van der Waals surface area contributed by atoms with Crippen molar-refractivity contribution in [2.24, 2.45) is 0 Å². The molecule has 21 heavy (non-hydrogen) atoms. The Morgan fingerprint density at radius 3 is 2.81 bits per heavy atom. The second kappa shape index (κ2) is 5.57. The van der Waals surface area contributed by atoms with Crippen LogP contribution >= 0.6 is 15.9 Å². The van der Waals surface area contributed by atoms with Crippen molar-refractivity contribution < 1.29 is 4.74 Å². The summed E-state index contributed by atoms with van der Waals surface area (Å²) in [4.78, 5) is 8.54. The number of nitrogens with two attached hydrogens (primary N) is 1. The SMILES string of the molecule is COc1ccc(Br)c(Nc2ncnc3ccc(N)cc23)c1. The van der Waals surface area contributed by atoms with Gasteiger partial charge in [-0.1, -0.05) is 0 Å². The number of halogens is 1. The maximum absolute atomic E-state index is 5.85. The molecule has 3 aromatic rings. The van der Waals surface area contributed by atoms with E-state index in [0.29, 0.717) is 11.5 Å². The molecule has 3 N–H and O–H groups in total. The summed E-state index contributed by atoms with van der Waals surface area (Å²) < 4.78 is 6.16. The van der Waals surface area contributed by atoms with E-state index >= 15 is 0 Å². The number of rotatable bonds is 3. The molecule has 3 rings (SSSR count). The Balaban J connectivity index is 2.08. The number of anilines is 3. The third-order valence-corrected chi connectivity index (χ3v) is 3.78. The first-order chi connectivity index (χ1) is 10.2. The number of methoxy groups -OCH3 is 1. The summed E-state index contributed by atoms with van der Waals surface area (Å²) in [6.45, 7) is 0. The van der Waals surface area contributed by atoms with Gasteiger partial charge in [0.2, 0.25) is 0 Å². The maximum Gasteiger partial charge on any atom is 0.141 e. The lowest BCUT2D eigenvalue weighted by Crippen LogP contribution is -1.98. The molecule has 2 aromatic carbocycles. The molecule has 0 fully saturated rings. The van der Waals surface area contributed by atoms with E-state index in [1.54, 1.807) is 7.11 Å². The van der Waals surface area contributed by atoms with Crippen LogP contribution < -0.4 is 15.8 Å². The van der Waals surface area contributed by atoms with Gasteiger partial charge in [0.1, 0.15) is 17.9 Å². The third kappa shape index (κ3) is 2.75. The minimum absolute atomic E-state index is 0.671. The number of nitrogens with zero attached hydrogens (tertiary/aromatic N) is 2. The van der Waals surface area contributed by atoms with Crippen LogP contribution in [0.1, 0.15) is 0 Å². The third-order valence-electron chi connectivity index (χ3n) is 3.09. The van der Waals surface area contributed by atoms with Crippen LogP contribution in [0.4, 0.5) is 17.2 Å². The number of hydrogen-bond acceptors (Lipinski definition) is 5. The summed E-state index contributed by atoms with van der Waals surface area (Å²) in [5.41, 5.74) is 8.21. The average molecular weight is 345 g/mol. The summed E-state index contributed by atoms with van der Waals surface area (Å²) in [5.74, 6) is 1.46. The molecule has 0 atom stereocenters. The molecule has 0 bridgehead atoms. The lowest BCUT2D eigenvalue weighted by molar-refractivity contribution is 0.415. The van der Waals surface area contributed by atoms with Crippen LogP contribution in [0.3, 0.4) is 0 Å². The summed E-state index contributed by atoms with van der Waals surface area (Å²) >= 11 is 3.51. The van der Waals surface area contributed by atoms with E-state index in [1.807, 2.05) is 36.4 Å². The van der Waals surface area contributed by atoms with Crippen molar-refractivity contribution in [2.45, 2.75) is 0 Å². The quantitative estimate of drug-likeness (QED) is 0.708. The first kappa shape index (κ1) is 13.6. The van der Waals surface area contributed by atoms with Crippen LogP contribution in [0, 0.1) is 0 Å². The van der Waals surface area contributed by atoms with E-state index < -0.39 is 0 Å². The average Bonchev–Trinajstić information content (AvgIpc) is 2.50. The largest absolute Gasteiger partial charge is 0.497 e. The van der Waals surface area contributed by atoms with Crippen LogP contribution in [0.2, 0.25) is 0 Å². The fourth-order valence-corrected chi connectivity index (χ4v) is 2.37. The summed E-state index contributed by atoms with van der Waals surface area (Å²) in [7, 11) is 1.63. The van der Waals surface area contributed by atoms with Gasteiger partial charge < -0.3 is 15.8 Å². The second-order valence-corrected chi connectivity index (χ2v) is 5.32. The Morgan fingerprint density at radius 2 is 2.00 bits per heavy atom. The van der Waals surface area contributed by atoms with E-state index in [9.17, 15) is 0 Å². The van der Waals surface area contributed by atoms with Gasteiger partial charge in [-0.15, -0.1) is 0 Å². The van der Waals surface area contributed by atoms with Crippen LogP contribution in [0.5, 0.6) is 5.75 Å². The van der Waals surface area contributed by atoms with Crippen molar-refractivity contribution in [2.75, 3.05) is 18.2 Å². The highest BCUT2D eigenvalue weighted by molar-refractivity contribution is 9.10. The fourth-order valence-electron chi connectivity index (χ4n) is 2.03. The molecule has 0 aliphatic rings. The van der Waals surface area contributed by atoms with Crippen molar-refractivity contribution in [1.82, 2.24) is 9.97 Å². The lowest BCUT2D eigenvalue weighted by Gasteiger charge is -2.11. The Morgan fingerprint density at radius 1 is 1.14 bits per heavy atom. The minimum Gasteiger partial charge on any atom is -0.497 e. The molecule has 0 amide bonds. The Bertz CT molecular complexity index is 807. The standard InChI is InChI=1S/C15H13BrN4O/c1-21-10-3-4-12(16)14(7-10)20-15-11-6-9(17)2-5-13(11)18-8-19-15/h2-8H,17H2,1H3,(H,18,19,20). The van der Waals surface area contributed by atoms with Gasteiger partial charge in [0.15, 0.2) is 0 Å². The molecule has 0 spiro atoms. The molecule has 1 heterocycles. The Hall–Kier alpha value is -2.34. The number of ether oxygens (including phenoxy) is 1. The molecule has 0 saturated heterocycles. The van der Waals surface area contributed by atoms with Crippen molar-refractivity contribution in [3.8, 4) is 5.75 Å². The highest BCUT2D eigenvalue weighted by atomic mass is 79.9. The Labute approximate surface area is 130 Å². The number of benzene rings is 2. The molecule has 0 aliphatic carbocycles. The second-order valence-electron chi connectivity index (χ2n) is 4.47. The van der Waals surface area contributed by atoms with Crippen LogP contribution in [0.15, 0.2) is 47.2 Å². The summed E-state index contributed by atoms with van der Waals surface area (Å²) in [6, 6.07) is 11.2. The van der Waals surface area contributed by atoms with E-state index in [-0.39, 0.29) is 0 Å². The molecular formula is C15H13BrN4O. The summed E-state index contributed by atoms with van der Waals surface area (Å²) in [5, 5.41) is 4.15. The number of hydrogen-bond donors (Lipinski definition) is 2. The predicted molar refractivity (Wildman–Crippen MR) is 87.9 cm³/mol. The van der Waals surface area contributed by atoms with Gasteiger partial charge in [0.05, 0.1) is 18.3 Å². The zero-order valence-electron chi connectivity index (χ0n) is 11.3. The van der Waals surface area contributed by atoms with Crippen molar-refractivity contribution in [1.29, 1.82) is 0 Å². The van der Waals surface area contributed by atoms with Crippen LogP contribution in [-0.4, -0.2) is 17.1 Å². The molecular weight excluding hydrogens is 332 g/mol. The number of nitrogen functional groups attached to an aromatic ring is 1. The monoisotopic (exact) mass is 344 g/mol. The topological polar surface area (TPSA) is 73.1 Å². The van der Waals surface area contributed by atoms with Gasteiger partial charge in [0, 0.05) is 21.6 Å². The van der Waals surface area contributed by atoms with E-state index in [0.717, 1.165) is 26.8 Å².